The quantitative estimate of drug-likeness (QED) is 0.248. The molecule has 0 aliphatic carbocycles. The van der Waals surface area contributed by atoms with Crippen LogP contribution in [0.25, 0.3) is 0 Å². The van der Waals surface area contributed by atoms with Gasteiger partial charge in [0.2, 0.25) is 0 Å². The number of thiol groups is 2. The van der Waals surface area contributed by atoms with Crippen LogP contribution in [0.4, 0.5) is 0 Å². The number of thioether (sulfide) groups is 1. The molecule has 1 aromatic heterocycles. The van der Waals surface area contributed by atoms with Crippen LogP contribution in [-0.4, -0.2) is 49.3 Å². The lowest BCUT2D eigenvalue weighted by molar-refractivity contribution is -0.142. The number of rotatable bonds is 14. The maximum Gasteiger partial charge on any atom is 0.336 e. The van der Waals surface area contributed by atoms with E-state index in [1.807, 2.05) is 0 Å². The minimum Gasteiger partial charge on any atom is -0.466 e. The summed E-state index contributed by atoms with van der Waals surface area (Å²) in [4.78, 5) is 49.1. The molecule has 0 radical (unpaired) electrons. The van der Waals surface area contributed by atoms with E-state index in [2.05, 4.69) is 25.3 Å². The van der Waals surface area contributed by atoms with Crippen LogP contribution in [-0.2, 0) is 29.2 Å². The summed E-state index contributed by atoms with van der Waals surface area (Å²) in [5, 5.41) is 0. The summed E-state index contributed by atoms with van der Waals surface area (Å²) in [6, 6.07) is 0. The molecule has 0 fully saturated rings. The van der Waals surface area contributed by atoms with Gasteiger partial charge in [-0.25, -0.2) is 28.1 Å². The summed E-state index contributed by atoms with van der Waals surface area (Å²) in [6.07, 6.45) is 2.04. The molecule has 1 heterocycles. The van der Waals surface area contributed by atoms with E-state index in [9.17, 15) is 19.2 Å². The van der Waals surface area contributed by atoms with E-state index in [4.69, 9.17) is 4.74 Å². The number of nitrogens with zero attached hydrogens (tertiary/aromatic N) is 3. The molecule has 0 N–H and O–H groups in total. The van der Waals surface area contributed by atoms with Crippen LogP contribution >= 0.6 is 37.0 Å². The largest absolute Gasteiger partial charge is 0.466 e. The van der Waals surface area contributed by atoms with Gasteiger partial charge in [0.15, 0.2) is 0 Å². The Morgan fingerprint density at radius 1 is 0.857 bits per heavy atom. The number of carbonyl (C=O) groups excluding carboxylic acids is 1. The van der Waals surface area contributed by atoms with Gasteiger partial charge in [0.25, 0.3) is 0 Å². The number of esters is 1. The molecule has 0 saturated carbocycles. The fourth-order valence-corrected chi connectivity index (χ4v) is 3.66. The topological polar surface area (TPSA) is 92.3 Å². The Morgan fingerprint density at radius 2 is 1.32 bits per heavy atom. The summed E-state index contributed by atoms with van der Waals surface area (Å²) in [5.41, 5.74) is -1.72. The smallest absolute Gasteiger partial charge is 0.336 e. The number of hydrogen-bond donors (Lipinski definition) is 2. The fraction of sp³-hybridized carbons (Fsp3) is 0.765. The van der Waals surface area contributed by atoms with Gasteiger partial charge in [-0.3, -0.25) is 4.79 Å². The van der Waals surface area contributed by atoms with Gasteiger partial charge in [-0.15, -0.1) is 0 Å². The van der Waals surface area contributed by atoms with Crippen molar-refractivity contribution in [1.82, 2.24) is 13.7 Å². The average molecular weight is 452 g/mol. The Morgan fingerprint density at radius 3 is 1.75 bits per heavy atom. The zero-order valence-electron chi connectivity index (χ0n) is 16.2. The zero-order chi connectivity index (χ0) is 20.9. The molecule has 0 bridgehead atoms. The van der Waals surface area contributed by atoms with E-state index in [-0.39, 0.29) is 25.6 Å². The first-order valence-electron chi connectivity index (χ1n) is 9.37. The lowest BCUT2D eigenvalue weighted by Gasteiger charge is -2.13. The summed E-state index contributed by atoms with van der Waals surface area (Å²) in [5.74, 6) is 2.17. The fourth-order valence-electron chi connectivity index (χ4n) is 2.53. The number of hydrogen-bond acceptors (Lipinski definition) is 8. The van der Waals surface area contributed by atoms with Crippen molar-refractivity contribution in [2.75, 3.05) is 29.6 Å². The molecule has 0 spiro atoms. The molecule has 11 heteroatoms. The molecule has 0 aromatic carbocycles. The van der Waals surface area contributed by atoms with Gasteiger partial charge in [-0.2, -0.15) is 37.0 Å². The molecule has 160 valence electrons. The van der Waals surface area contributed by atoms with Gasteiger partial charge >= 0.3 is 23.0 Å². The standard InChI is InChI=1S/C17H29N3O5S3/c1-2-25-14(21)6-13-28-12-5-9-20-16(23)18(7-3-10-26)15(22)19(17(20)24)8-4-11-27/h26-27H,2-13H2,1H3. The highest BCUT2D eigenvalue weighted by Crippen LogP contribution is 2.05. The van der Waals surface area contributed by atoms with E-state index in [0.29, 0.717) is 55.3 Å². The van der Waals surface area contributed by atoms with Crippen LogP contribution in [0.1, 0.15) is 32.6 Å². The second-order valence-corrected chi connectivity index (χ2v) is 8.10. The van der Waals surface area contributed by atoms with Crippen molar-refractivity contribution >= 4 is 43.0 Å². The Hall–Kier alpha value is -1.07. The van der Waals surface area contributed by atoms with Gasteiger partial charge in [0.1, 0.15) is 0 Å². The van der Waals surface area contributed by atoms with Crippen LogP contribution in [0.15, 0.2) is 14.4 Å². The van der Waals surface area contributed by atoms with E-state index in [0.717, 1.165) is 13.7 Å². The number of aromatic nitrogens is 3. The first-order valence-corrected chi connectivity index (χ1v) is 11.8. The Bertz CT molecular complexity index is 741. The maximum atomic E-state index is 12.6. The summed E-state index contributed by atoms with van der Waals surface area (Å²) < 4.78 is 8.23. The van der Waals surface area contributed by atoms with Crippen molar-refractivity contribution in [3.05, 3.63) is 31.5 Å². The highest BCUT2D eigenvalue weighted by molar-refractivity contribution is 7.99. The molecule has 8 nitrogen and oxygen atoms in total. The lowest BCUT2D eigenvalue weighted by Crippen LogP contribution is -2.54. The molecular weight excluding hydrogens is 422 g/mol. The van der Waals surface area contributed by atoms with Crippen LogP contribution in [0, 0.1) is 0 Å². The third kappa shape index (κ3) is 7.75. The molecule has 28 heavy (non-hydrogen) atoms. The number of carbonyl (C=O) groups is 1. The van der Waals surface area contributed by atoms with Crippen LogP contribution in [0.2, 0.25) is 0 Å². The van der Waals surface area contributed by atoms with Crippen molar-refractivity contribution in [2.45, 2.75) is 52.2 Å². The molecule has 0 aliphatic rings. The van der Waals surface area contributed by atoms with Crippen molar-refractivity contribution < 1.29 is 9.53 Å². The number of ether oxygens (including phenoxy) is 1. The van der Waals surface area contributed by atoms with Crippen molar-refractivity contribution in [3.8, 4) is 0 Å². The summed E-state index contributed by atoms with van der Waals surface area (Å²) >= 11 is 9.82. The van der Waals surface area contributed by atoms with Crippen molar-refractivity contribution in [3.63, 3.8) is 0 Å². The molecule has 1 aromatic rings. The second kappa shape index (κ2) is 14.0. The molecule has 1 rings (SSSR count). The van der Waals surface area contributed by atoms with Gasteiger partial charge in [-0.1, -0.05) is 0 Å². The van der Waals surface area contributed by atoms with E-state index in [1.54, 1.807) is 18.7 Å². The SMILES string of the molecule is CCOC(=O)CCSCCCn1c(=O)n(CCCS)c(=O)n(CCCS)c1=O. The first kappa shape index (κ1) is 25.0. The van der Waals surface area contributed by atoms with Crippen molar-refractivity contribution in [2.24, 2.45) is 0 Å². The van der Waals surface area contributed by atoms with Crippen molar-refractivity contribution in [1.29, 1.82) is 0 Å². The maximum absolute atomic E-state index is 12.6. The van der Waals surface area contributed by atoms with E-state index in [1.165, 1.54) is 0 Å². The predicted molar refractivity (Wildman–Crippen MR) is 119 cm³/mol. The lowest BCUT2D eigenvalue weighted by atomic mass is 10.4. The molecule has 0 amide bonds. The third-order valence-electron chi connectivity index (χ3n) is 3.89. The Balaban J connectivity index is 2.83. The summed E-state index contributed by atoms with van der Waals surface area (Å²) in [7, 11) is 0. The molecular formula is C17H29N3O5S3. The highest BCUT2D eigenvalue weighted by atomic mass is 32.2. The first-order chi connectivity index (χ1) is 13.5. The van der Waals surface area contributed by atoms with E-state index < -0.39 is 17.1 Å². The van der Waals surface area contributed by atoms with E-state index >= 15 is 0 Å². The van der Waals surface area contributed by atoms with Crippen LogP contribution in [0.3, 0.4) is 0 Å². The van der Waals surface area contributed by atoms with Gasteiger partial charge in [-0.05, 0) is 43.4 Å². The van der Waals surface area contributed by atoms with Gasteiger partial charge in [0.05, 0.1) is 13.0 Å². The monoisotopic (exact) mass is 451 g/mol. The predicted octanol–water partition coefficient (Wildman–Crippen LogP) is 0.888. The minimum atomic E-state index is -0.574. The van der Waals surface area contributed by atoms with Gasteiger partial charge in [0, 0.05) is 25.4 Å². The van der Waals surface area contributed by atoms with Crippen LogP contribution in [0.5, 0.6) is 0 Å². The molecule has 0 saturated heterocycles. The third-order valence-corrected chi connectivity index (χ3v) is 5.59. The zero-order valence-corrected chi connectivity index (χ0v) is 18.8. The normalized spacial score (nSPS) is 11.0. The van der Waals surface area contributed by atoms with Crippen LogP contribution < -0.4 is 17.1 Å². The second-order valence-electron chi connectivity index (χ2n) is 5.98. The molecule has 0 atom stereocenters. The minimum absolute atomic E-state index is 0.227. The molecule has 0 aliphatic heterocycles. The highest BCUT2D eigenvalue weighted by Gasteiger charge is 2.14. The van der Waals surface area contributed by atoms with Gasteiger partial charge < -0.3 is 4.74 Å². The Kier molecular flexibility index (Phi) is 12.5. The Labute approximate surface area is 179 Å². The average Bonchev–Trinajstić information content (AvgIpc) is 2.67. The molecule has 0 unspecified atom stereocenters. The summed E-state index contributed by atoms with van der Waals surface area (Å²) in [6.45, 7) is 2.83.